The standard InChI is InChI=1S/C18H24N8O/c1-2-7-25(8-3-1)17-21-16(24-20-14-15-5-4-6-19-13-15)22-18(23-17)26-9-11-27-12-10-26/h4-6,13-14H,1-3,7-12H2,(H,21,22,23,24)/b20-14-. The Hall–Kier alpha value is -2.81. The summed E-state index contributed by atoms with van der Waals surface area (Å²) in [4.78, 5) is 22.3. The minimum Gasteiger partial charge on any atom is -0.378 e. The van der Waals surface area contributed by atoms with Crippen LogP contribution >= 0.6 is 0 Å². The molecule has 2 aromatic heterocycles. The van der Waals surface area contributed by atoms with Gasteiger partial charge in [-0.2, -0.15) is 20.1 Å². The molecule has 0 unspecified atom stereocenters. The molecule has 9 heteroatoms. The van der Waals surface area contributed by atoms with Gasteiger partial charge in [-0.1, -0.05) is 6.07 Å². The van der Waals surface area contributed by atoms with Crippen LogP contribution in [0.25, 0.3) is 0 Å². The van der Waals surface area contributed by atoms with Crippen LogP contribution in [0.5, 0.6) is 0 Å². The number of hydrogen-bond acceptors (Lipinski definition) is 9. The van der Waals surface area contributed by atoms with Crippen molar-refractivity contribution in [2.45, 2.75) is 19.3 Å². The third-order valence-electron chi connectivity index (χ3n) is 4.61. The van der Waals surface area contributed by atoms with Gasteiger partial charge in [0, 0.05) is 44.1 Å². The molecule has 142 valence electrons. The molecule has 1 N–H and O–H groups in total. The van der Waals surface area contributed by atoms with E-state index in [9.17, 15) is 0 Å². The second kappa shape index (κ2) is 8.72. The van der Waals surface area contributed by atoms with Crippen molar-refractivity contribution in [1.82, 2.24) is 19.9 Å². The molecular weight excluding hydrogens is 344 g/mol. The van der Waals surface area contributed by atoms with E-state index in [2.05, 4.69) is 35.3 Å². The van der Waals surface area contributed by atoms with Crippen molar-refractivity contribution in [1.29, 1.82) is 0 Å². The number of nitrogens with zero attached hydrogens (tertiary/aromatic N) is 7. The predicted molar refractivity (Wildman–Crippen MR) is 104 cm³/mol. The molecule has 0 aliphatic carbocycles. The lowest BCUT2D eigenvalue weighted by atomic mass is 10.1. The maximum absolute atomic E-state index is 5.44. The number of ether oxygens (including phenoxy) is 1. The number of pyridine rings is 1. The van der Waals surface area contributed by atoms with Gasteiger partial charge < -0.3 is 14.5 Å². The number of nitrogens with one attached hydrogen (secondary N) is 1. The van der Waals surface area contributed by atoms with Crippen LogP contribution in [0, 0.1) is 0 Å². The van der Waals surface area contributed by atoms with Crippen molar-refractivity contribution in [2.75, 3.05) is 54.6 Å². The van der Waals surface area contributed by atoms with Crippen LogP contribution in [-0.4, -0.2) is 65.5 Å². The maximum Gasteiger partial charge on any atom is 0.250 e. The van der Waals surface area contributed by atoms with Crippen molar-refractivity contribution in [2.24, 2.45) is 5.10 Å². The van der Waals surface area contributed by atoms with E-state index in [0.29, 0.717) is 31.1 Å². The molecule has 0 bridgehead atoms. The van der Waals surface area contributed by atoms with E-state index >= 15 is 0 Å². The van der Waals surface area contributed by atoms with Gasteiger partial charge in [0.15, 0.2) is 0 Å². The van der Waals surface area contributed by atoms with E-state index in [-0.39, 0.29) is 0 Å². The Morgan fingerprint density at radius 3 is 2.41 bits per heavy atom. The van der Waals surface area contributed by atoms with Crippen LogP contribution in [0.15, 0.2) is 29.6 Å². The summed E-state index contributed by atoms with van der Waals surface area (Å²) in [5.74, 6) is 1.84. The van der Waals surface area contributed by atoms with E-state index in [1.165, 1.54) is 19.3 Å². The summed E-state index contributed by atoms with van der Waals surface area (Å²) >= 11 is 0. The van der Waals surface area contributed by atoms with Gasteiger partial charge in [-0.25, -0.2) is 5.43 Å². The molecule has 2 aliphatic heterocycles. The first-order valence-corrected chi connectivity index (χ1v) is 9.41. The first-order chi connectivity index (χ1) is 13.4. The number of anilines is 3. The summed E-state index contributed by atoms with van der Waals surface area (Å²) in [5.41, 5.74) is 3.85. The average molecular weight is 368 g/mol. The molecule has 0 saturated carbocycles. The quantitative estimate of drug-likeness (QED) is 0.628. The summed E-state index contributed by atoms with van der Waals surface area (Å²) < 4.78 is 5.44. The average Bonchev–Trinajstić information content (AvgIpc) is 2.76. The molecule has 0 radical (unpaired) electrons. The summed E-state index contributed by atoms with van der Waals surface area (Å²) in [7, 11) is 0. The van der Waals surface area contributed by atoms with Gasteiger partial charge in [0.2, 0.25) is 17.8 Å². The van der Waals surface area contributed by atoms with E-state index in [0.717, 1.165) is 31.7 Å². The van der Waals surface area contributed by atoms with Crippen LogP contribution in [0.1, 0.15) is 24.8 Å². The molecule has 2 saturated heterocycles. The van der Waals surface area contributed by atoms with Crippen molar-refractivity contribution >= 4 is 24.1 Å². The molecule has 4 heterocycles. The van der Waals surface area contributed by atoms with Crippen LogP contribution in [-0.2, 0) is 4.74 Å². The highest BCUT2D eigenvalue weighted by Crippen LogP contribution is 2.20. The molecule has 4 rings (SSSR count). The lowest BCUT2D eigenvalue weighted by Gasteiger charge is -2.30. The van der Waals surface area contributed by atoms with E-state index < -0.39 is 0 Å². The Balaban J connectivity index is 1.55. The van der Waals surface area contributed by atoms with Gasteiger partial charge in [0.1, 0.15) is 0 Å². The smallest absolute Gasteiger partial charge is 0.250 e. The number of hydrazone groups is 1. The SMILES string of the molecule is C(=N/Nc1nc(N2CCCCC2)nc(N2CCOCC2)n1)/c1cccnc1. The largest absolute Gasteiger partial charge is 0.378 e. The van der Waals surface area contributed by atoms with Crippen LogP contribution in [0.4, 0.5) is 17.8 Å². The van der Waals surface area contributed by atoms with Crippen molar-refractivity contribution in [3.05, 3.63) is 30.1 Å². The summed E-state index contributed by atoms with van der Waals surface area (Å²) in [6.45, 7) is 4.89. The summed E-state index contributed by atoms with van der Waals surface area (Å²) in [6, 6.07) is 3.80. The molecule has 2 aliphatic rings. The highest BCUT2D eigenvalue weighted by Gasteiger charge is 2.20. The predicted octanol–water partition coefficient (Wildman–Crippen LogP) is 1.54. The Morgan fingerprint density at radius 2 is 1.70 bits per heavy atom. The van der Waals surface area contributed by atoms with Crippen molar-refractivity contribution in [3.63, 3.8) is 0 Å². The lowest BCUT2D eigenvalue weighted by molar-refractivity contribution is 0.122. The molecule has 0 atom stereocenters. The highest BCUT2D eigenvalue weighted by atomic mass is 16.5. The summed E-state index contributed by atoms with van der Waals surface area (Å²) in [5, 5.41) is 4.25. The monoisotopic (exact) mass is 368 g/mol. The van der Waals surface area contributed by atoms with Gasteiger partial charge in [-0.05, 0) is 25.3 Å². The van der Waals surface area contributed by atoms with Gasteiger partial charge in [0.25, 0.3) is 0 Å². The molecule has 2 fully saturated rings. The van der Waals surface area contributed by atoms with Crippen molar-refractivity contribution in [3.8, 4) is 0 Å². The van der Waals surface area contributed by atoms with E-state index in [1.54, 1.807) is 18.6 Å². The second-order valence-electron chi connectivity index (χ2n) is 6.56. The lowest BCUT2D eigenvalue weighted by Crippen LogP contribution is -2.38. The molecule has 9 nitrogen and oxygen atoms in total. The molecular formula is C18H24N8O. The molecule has 0 aromatic carbocycles. The zero-order chi connectivity index (χ0) is 18.3. The Kier molecular flexibility index (Phi) is 5.68. The zero-order valence-electron chi connectivity index (χ0n) is 15.3. The number of aromatic nitrogens is 4. The second-order valence-corrected chi connectivity index (χ2v) is 6.56. The van der Waals surface area contributed by atoms with Gasteiger partial charge in [0.05, 0.1) is 19.4 Å². The fourth-order valence-corrected chi connectivity index (χ4v) is 3.16. The summed E-state index contributed by atoms with van der Waals surface area (Å²) in [6.07, 6.45) is 8.78. The Morgan fingerprint density at radius 1 is 0.963 bits per heavy atom. The van der Waals surface area contributed by atoms with Crippen LogP contribution in [0.3, 0.4) is 0 Å². The first kappa shape index (κ1) is 17.6. The number of piperidine rings is 1. The van der Waals surface area contributed by atoms with E-state index in [4.69, 9.17) is 9.72 Å². The third-order valence-corrected chi connectivity index (χ3v) is 4.61. The number of morpholine rings is 1. The van der Waals surface area contributed by atoms with Gasteiger partial charge in [-0.15, -0.1) is 0 Å². The normalized spacial score (nSPS) is 18.1. The third kappa shape index (κ3) is 4.68. The molecule has 27 heavy (non-hydrogen) atoms. The van der Waals surface area contributed by atoms with Gasteiger partial charge in [-0.3, -0.25) is 4.98 Å². The molecule has 2 aromatic rings. The number of rotatable bonds is 5. The van der Waals surface area contributed by atoms with E-state index in [1.807, 2.05) is 12.1 Å². The molecule has 0 spiro atoms. The van der Waals surface area contributed by atoms with Gasteiger partial charge >= 0.3 is 0 Å². The van der Waals surface area contributed by atoms with Crippen LogP contribution < -0.4 is 15.2 Å². The molecule has 0 amide bonds. The maximum atomic E-state index is 5.44. The Labute approximate surface area is 158 Å². The fraction of sp³-hybridized carbons (Fsp3) is 0.500. The first-order valence-electron chi connectivity index (χ1n) is 9.41. The van der Waals surface area contributed by atoms with Crippen molar-refractivity contribution < 1.29 is 4.74 Å². The number of hydrogen-bond donors (Lipinski definition) is 1. The minimum absolute atomic E-state index is 0.451. The zero-order valence-corrected chi connectivity index (χ0v) is 15.3. The topological polar surface area (TPSA) is 91.7 Å². The fourth-order valence-electron chi connectivity index (χ4n) is 3.16. The minimum atomic E-state index is 0.451. The van der Waals surface area contributed by atoms with Crippen LogP contribution in [0.2, 0.25) is 0 Å². The highest BCUT2D eigenvalue weighted by molar-refractivity contribution is 5.79. The Bertz CT molecular complexity index is 721.